The minimum atomic E-state index is -5.57. The van der Waals surface area contributed by atoms with Gasteiger partial charge in [-0.25, -0.2) is 28.6 Å². The smallest absolute Gasteiger partial charge is 0.386 e. The quantitative estimate of drug-likeness (QED) is 0.0265. The van der Waals surface area contributed by atoms with Crippen molar-refractivity contribution in [3.63, 3.8) is 0 Å². The molecule has 72 heavy (non-hydrogen) atoms. The van der Waals surface area contributed by atoms with Crippen molar-refractivity contribution in [1.29, 1.82) is 0 Å². The molecule has 0 saturated carbocycles. The van der Waals surface area contributed by atoms with Crippen LogP contribution in [0.2, 0.25) is 0 Å². The molecule has 1 saturated heterocycles. The molecule has 19 N–H and O–H groups in total. The fourth-order valence-corrected chi connectivity index (χ4v) is 10.9. The van der Waals surface area contributed by atoms with Crippen molar-refractivity contribution in [3.05, 3.63) is 12.7 Å². The SMILES string of the molecule is CCCCCCCCCCCCCCCCCCCC(=O)SCCNC(=O)CCNC(=O)[C@H](O)C(C)(C)COP(=O)(O)OP(=O)(O)OC[C@H]1O[C@@H](n2cnc3c(N)ncnc32)C(O)[C@H]1OP(=O)(O)O.N.N.N. The number of hydrogen-bond acceptors (Lipinski definition) is 21. The van der Waals surface area contributed by atoms with E-state index in [2.05, 4.69) is 41.3 Å². The maximum absolute atomic E-state index is 12.7. The van der Waals surface area contributed by atoms with Gasteiger partial charge in [0.1, 0.15) is 36.3 Å². The van der Waals surface area contributed by atoms with Crippen LogP contribution in [0.3, 0.4) is 0 Å². The highest BCUT2D eigenvalue weighted by atomic mass is 32.2. The standard InChI is InChI=1S/C41H74N7O17P3S.3H3N/c1-4-5-6-7-8-9-10-11-12-13-14-15-16-17-18-19-20-21-32(50)69-25-24-43-31(49)22-23-44-39(53)36(52)41(2,3)27-62-68(59,60)65-67(57,58)61-26-30-35(64-66(54,55)56)34(51)40(63-30)48-29-47-33-37(42)45-28-46-38(33)48;;;/h28-30,34-36,40,51-52H,4-27H2,1-3H3,(H,43,49)(H,44,53)(H,57,58)(H,59,60)(H2,42,45,46)(H2,54,55,56);3*1H3/t30-,34?,35+,36+,40-;;;/m1.../s1. The van der Waals surface area contributed by atoms with Gasteiger partial charge < -0.3 is 69.3 Å². The Balaban J connectivity index is 0.0000168. The van der Waals surface area contributed by atoms with Crippen molar-refractivity contribution in [1.82, 2.24) is 48.6 Å². The lowest BCUT2D eigenvalue weighted by Crippen LogP contribution is -2.46. The predicted octanol–water partition coefficient (Wildman–Crippen LogP) is 6.19. The molecule has 0 bridgehead atoms. The van der Waals surface area contributed by atoms with E-state index in [0.29, 0.717) is 12.2 Å². The third-order valence-electron chi connectivity index (χ3n) is 11.2. The third-order valence-corrected chi connectivity index (χ3v) is 15.3. The lowest BCUT2D eigenvalue weighted by atomic mass is 9.87. The zero-order valence-electron chi connectivity index (χ0n) is 41.9. The number of amides is 2. The Labute approximate surface area is 426 Å². The number of anilines is 1. The number of carbonyl (C=O) groups excluding carboxylic acids is 3. The first-order valence-electron chi connectivity index (χ1n) is 23.6. The molecule has 7 atom stereocenters. The van der Waals surface area contributed by atoms with Gasteiger partial charge >= 0.3 is 23.5 Å². The van der Waals surface area contributed by atoms with E-state index in [9.17, 15) is 57.9 Å². The maximum Gasteiger partial charge on any atom is 0.481 e. The van der Waals surface area contributed by atoms with Gasteiger partial charge in [0.25, 0.3) is 0 Å². The summed E-state index contributed by atoms with van der Waals surface area (Å²) in [5.41, 5.74) is 4.29. The van der Waals surface area contributed by atoms with Crippen LogP contribution < -0.4 is 34.8 Å². The number of nitrogens with zero attached hydrogens (tertiary/aromatic N) is 4. The Bertz CT molecular complexity index is 2040. The van der Waals surface area contributed by atoms with E-state index < -0.39 is 84.6 Å². The molecule has 3 heterocycles. The van der Waals surface area contributed by atoms with E-state index >= 15 is 0 Å². The van der Waals surface area contributed by atoms with Crippen LogP contribution in [0.4, 0.5) is 5.82 Å². The first kappa shape index (κ1) is 69.4. The minimum absolute atomic E-state index is 0. The highest BCUT2D eigenvalue weighted by Gasteiger charge is 2.50. The Hall–Kier alpha value is -2.56. The number of unbranched alkanes of at least 4 members (excludes halogenated alkanes) is 16. The van der Waals surface area contributed by atoms with Crippen LogP contribution in [-0.2, 0) is 50.7 Å². The molecule has 2 amide bonds. The van der Waals surface area contributed by atoms with Gasteiger partial charge in [-0.15, -0.1) is 0 Å². The fraction of sp³-hybridized carbons (Fsp3) is 0.805. The minimum Gasteiger partial charge on any atom is -0.386 e. The molecular weight excluding hydrogens is 1030 g/mol. The Morgan fingerprint density at radius 1 is 0.806 bits per heavy atom. The van der Waals surface area contributed by atoms with E-state index in [0.717, 1.165) is 48.2 Å². The van der Waals surface area contributed by atoms with Crippen LogP contribution in [0.1, 0.15) is 149 Å². The number of imidazole rings is 1. The molecule has 0 spiro atoms. The van der Waals surface area contributed by atoms with Gasteiger partial charge in [-0.3, -0.25) is 32.5 Å². The van der Waals surface area contributed by atoms with Crippen molar-refractivity contribution in [2.45, 2.75) is 173 Å². The van der Waals surface area contributed by atoms with Crippen molar-refractivity contribution >= 4 is 69.1 Å². The molecule has 2 aromatic rings. The molecule has 0 aromatic carbocycles. The zero-order chi connectivity index (χ0) is 51.1. The number of hydrogen-bond donors (Lipinski definition) is 12. The van der Waals surface area contributed by atoms with Crippen molar-refractivity contribution in [3.8, 4) is 0 Å². The summed E-state index contributed by atoms with van der Waals surface area (Å²) in [6, 6.07) is 0. The number of nitrogens with one attached hydrogen (secondary N) is 2. The number of phosphoric acid groups is 3. The van der Waals surface area contributed by atoms with Gasteiger partial charge in [0.15, 0.2) is 22.8 Å². The number of fused-ring (bicyclic) bond motifs is 1. The highest BCUT2D eigenvalue weighted by Crippen LogP contribution is 2.61. The molecule has 3 rings (SSSR count). The van der Waals surface area contributed by atoms with Crippen LogP contribution in [-0.4, -0.2) is 123 Å². The van der Waals surface area contributed by atoms with Crippen molar-refractivity contribution in [2.24, 2.45) is 5.41 Å². The van der Waals surface area contributed by atoms with Crippen molar-refractivity contribution in [2.75, 3.05) is 37.8 Å². The average Bonchev–Trinajstić information content (AvgIpc) is 3.84. The summed E-state index contributed by atoms with van der Waals surface area (Å²) in [5, 5.41) is 26.7. The molecule has 31 heteroatoms. The number of carbonyl (C=O) groups is 3. The lowest BCUT2D eigenvalue weighted by molar-refractivity contribution is -0.137. The molecule has 1 aliphatic rings. The summed E-state index contributed by atoms with van der Waals surface area (Å²) in [6.07, 6.45) is 15.2. The van der Waals surface area contributed by atoms with E-state index in [4.69, 9.17) is 19.5 Å². The fourth-order valence-electron chi connectivity index (χ4n) is 7.36. The summed E-state index contributed by atoms with van der Waals surface area (Å²) in [4.78, 5) is 88.5. The van der Waals surface area contributed by atoms with E-state index in [1.807, 2.05) is 0 Å². The van der Waals surface area contributed by atoms with E-state index in [1.165, 1.54) is 104 Å². The van der Waals surface area contributed by atoms with Gasteiger partial charge in [-0.2, -0.15) is 4.31 Å². The second-order valence-electron chi connectivity index (χ2n) is 17.7. The predicted molar refractivity (Wildman–Crippen MR) is 271 cm³/mol. The summed E-state index contributed by atoms with van der Waals surface area (Å²) in [5.74, 6) is -1.01. The number of aliphatic hydroxyl groups is 2. The number of aromatic nitrogens is 4. The number of aliphatic hydroxyl groups excluding tert-OH is 2. The van der Waals surface area contributed by atoms with Crippen LogP contribution >= 0.6 is 35.2 Å². The topological polar surface area (TPSA) is 469 Å². The molecule has 1 aliphatic heterocycles. The Morgan fingerprint density at radius 2 is 1.35 bits per heavy atom. The zero-order valence-corrected chi connectivity index (χ0v) is 45.4. The van der Waals surface area contributed by atoms with E-state index in [1.54, 1.807) is 0 Å². The first-order chi connectivity index (χ1) is 32.6. The van der Waals surface area contributed by atoms with Crippen LogP contribution in [0.25, 0.3) is 11.2 Å². The third kappa shape index (κ3) is 26.3. The molecule has 3 unspecified atom stereocenters. The largest absolute Gasteiger partial charge is 0.481 e. The number of rotatable bonds is 37. The Kier molecular flexibility index (Phi) is 33.7. The molecule has 27 nitrogen and oxygen atoms in total. The van der Waals surface area contributed by atoms with Crippen LogP contribution in [0.5, 0.6) is 0 Å². The van der Waals surface area contributed by atoms with Gasteiger partial charge in [-0.1, -0.05) is 135 Å². The number of ether oxygens (including phenoxy) is 1. The summed E-state index contributed by atoms with van der Waals surface area (Å²) in [7, 11) is -16.4. The van der Waals surface area contributed by atoms with E-state index in [-0.39, 0.29) is 60.1 Å². The highest BCUT2D eigenvalue weighted by molar-refractivity contribution is 8.13. The second-order valence-corrected chi connectivity index (χ2v) is 23.1. The molecular formula is C41H83N10O17P3S. The lowest BCUT2D eigenvalue weighted by Gasteiger charge is -2.30. The molecule has 2 aromatic heterocycles. The molecule has 0 aliphatic carbocycles. The summed E-state index contributed by atoms with van der Waals surface area (Å²) in [6.45, 7) is 2.84. The van der Waals surface area contributed by atoms with Gasteiger partial charge in [-0.05, 0) is 6.42 Å². The van der Waals surface area contributed by atoms with Crippen LogP contribution in [0, 0.1) is 5.41 Å². The van der Waals surface area contributed by atoms with Gasteiger partial charge in [0.2, 0.25) is 11.8 Å². The maximum atomic E-state index is 12.7. The van der Waals surface area contributed by atoms with Crippen LogP contribution in [0.15, 0.2) is 12.7 Å². The molecule has 420 valence electrons. The Morgan fingerprint density at radius 3 is 1.90 bits per heavy atom. The molecule has 0 radical (unpaired) electrons. The average molecular weight is 1110 g/mol. The number of phosphoric ester groups is 3. The number of thioether (sulfide) groups is 1. The number of nitrogen functional groups attached to an aromatic ring is 1. The first-order valence-corrected chi connectivity index (χ1v) is 29.1. The summed E-state index contributed by atoms with van der Waals surface area (Å²) < 4.78 is 62.5. The van der Waals surface area contributed by atoms with Crippen molar-refractivity contribution < 1.29 is 80.5 Å². The normalized spacial score (nSPS) is 19.0. The second kappa shape index (κ2) is 34.9. The summed E-state index contributed by atoms with van der Waals surface area (Å²) >= 11 is 1.16. The van der Waals surface area contributed by atoms with Gasteiger partial charge in [0, 0.05) is 37.1 Å². The molecule has 1 fully saturated rings. The monoisotopic (exact) mass is 1110 g/mol. The van der Waals surface area contributed by atoms with Gasteiger partial charge in [0.05, 0.1) is 19.5 Å². The number of nitrogens with two attached hydrogens (primary N) is 1.